The SMILES string of the molecule is CCCCCCCCCCCCC(C(=O)O)=C(C(=O)O)C(CC)S(=O)(=O)O.[H-].[Na+]. The summed E-state index contributed by atoms with van der Waals surface area (Å²) in [6, 6.07) is 0. The van der Waals surface area contributed by atoms with Gasteiger partial charge in [-0.15, -0.1) is 0 Å². The maximum Gasteiger partial charge on any atom is 1.00 e. The normalized spacial score (nSPS) is 13.4. The summed E-state index contributed by atoms with van der Waals surface area (Å²) in [5.74, 6) is -3.07. The largest absolute Gasteiger partial charge is 1.00 e. The van der Waals surface area contributed by atoms with Crippen molar-refractivity contribution < 1.29 is 63.8 Å². The average Bonchev–Trinajstić information content (AvgIpc) is 2.56. The predicted octanol–water partition coefficient (Wildman–Crippen LogP) is 1.55. The van der Waals surface area contributed by atoms with E-state index in [0.717, 1.165) is 25.7 Å². The molecule has 0 aromatic heterocycles. The van der Waals surface area contributed by atoms with E-state index in [4.69, 9.17) is 0 Å². The van der Waals surface area contributed by atoms with Gasteiger partial charge in [0.2, 0.25) is 0 Å². The van der Waals surface area contributed by atoms with Crippen LogP contribution in [0.5, 0.6) is 0 Å². The van der Waals surface area contributed by atoms with Crippen molar-refractivity contribution in [1.82, 2.24) is 0 Å². The Morgan fingerprint density at radius 2 is 1.25 bits per heavy atom. The number of rotatable bonds is 16. The van der Waals surface area contributed by atoms with E-state index in [9.17, 15) is 32.8 Å². The van der Waals surface area contributed by atoms with Gasteiger partial charge in [-0.05, 0) is 19.3 Å². The van der Waals surface area contributed by atoms with E-state index in [1.165, 1.54) is 39.0 Å². The van der Waals surface area contributed by atoms with Gasteiger partial charge in [0.05, 0.1) is 5.57 Å². The molecule has 3 N–H and O–H groups in total. The van der Waals surface area contributed by atoms with Crippen molar-refractivity contribution >= 4 is 22.1 Å². The predicted molar refractivity (Wildman–Crippen MR) is 105 cm³/mol. The Balaban J connectivity index is -0.00000338. The van der Waals surface area contributed by atoms with Crippen LogP contribution in [0.3, 0.4) is 0 Å². The second-order valence-electron chi connectivity index (χ2n) is 6.85. The number of carbonyl (C=O) groups is 2. The molecule has 1 unspecified atom stereocenters. The summed E-state index contributed by atoms with van der Waals surface area (Å²) in [5, 5.41) is 16.9. The second kappa shape index (κ2) is 16.4. The van der Waals surface area contributed by atoms with Crippen LogP contribution in [0.25, 0.3) is 0 Å². The number of carboxylic acids is 2. The molecule has 0 spiro atoms. The van der Waals surface area contributed by atoms with Gasteiger partial charge in [0.15, 0.2) is 0 Å². The summed E-state index contributed by atoms with van der Waals surface area (Å²) in [5.41, 5.74) is -1.17. The smallest absolute Gasteiger partial charge is 1.00 e. The maximum absolute atomic E-state index is 11.5. The van der Waals surface area contributed by atoms with Crippen molar-refractivity contribution in [2.24, 2.45) is 0 Å². The van der Waals surface area contributed by atoms with E-state index in [1.807, 2.05) is 0 Å². The molecule has 0 aromatic rings. The van der Waals surface area contributed by atoms with Crippen LogP contribution in [-0.2, 0) is 19.7 Å². The van der Waals surface area contributed by atoms with Gasteiger partial charge < -0.3 is 11.6 Å². The van der Waals surface area contributed by atoms with Gasteiger partial charge in [-0.1, -0.05) is 71.6 Å². The zero-order valence-corrected chi connectivity index (χ0v) is 20.3. The Kier molecular flexibility index (Phi) is 17.4. The fraction of sp³-hybridized carbons (Fsp3) is 0.789. The molecule has 0 fully saturated rings. The monoisotopic (exact) mass is 430 g/mol. The standard InChI is InChI=1S/C19H34O7S.Na.H/c1-3-5-6-7-8-9-10-11-12-13-14-15(18(20)21)17(19(22)23)16(4-2)27(24,25)26;;/h16H,3-14H2,1-2H3,(H,20,21)(H,22,23)(H,24,25,26);;/q;+1;-1. The minimum Gasteiger partial charge on any atom is -1.00 e. The molecule has 0 aromatic carbocycles. The van der Waals surface area contributed by atoms with Crippen LogP contribution in [0.1, 0.15) is 92.3 Å². The quantitative estimate of drug-likeness (QED) is 0.147. The molecule has 0 heterocycles. The molecule has 0 rings (SSSR count). The maximum atomic E-state index is 11.5. The van der Waals surface area contributed by atoms with Gasteiger partial charge in [0, 0.05) is 5.57 Å². The molecule has 0 amide bonds. The van der Waals surface area contributed by atoms with Crippen LogP contribution in [0.4, 0.5) is 0 Å². The zero-order chi connectivity index (χ0) is 20.9. The summed E-state index contributed by atoms with van der Waals surface area (Å²) in [6.45, 7) is 3.57. The van der Waals surface area contributed by atoms with Crippen molar-refractivity contribution in [3.05, 3.63) is 11.1 Å². The van der Waals surface area contributed by atoms with Gasteiger partial charge in [0.25, 0.3) is 10.1 Å². The molecule has 0 bridgehead atoms. The van der Waals surface area contributed by atoms with Crippen molar-refractivity contribution in [1.29, 1.82) is 0 Å². The second-order valence-corrected chi connectivity index (χ2v) is 8.45. The van der Waals surface area contributed by atoms with Gasteiger partial charge in [-0.25, -0.2) is 9.59 Å². The Morgan fingerprint density at radius 3 is 1.57 bits per heavy atom. The Hall–Kier alpha value is -0.410. The third-order valence-corrected chi connectivity index (χ3v) is 5.93. The minimum absolute atomic E-state index is 0. The average molecular weight is 431 g/mol. The van der Waals surface area contributed by atoms with Crippen LogP contribution >= 0.6 is 0 Å². The molecule has 1 atom stereocenters. The van der Waals surface area contributed by atoms with Crippen molar-refractivity contribution in [2.45, 2.75) is 96.1 Å². The van der Waals surface area contributed by atoms with Crippen LogP contribution in [0, 0.1) is 0 Å². The molecule has 0 saturated heterocycles. The molecular formula is C19H35NaO7S. The first-order valence-corrected chi connectivity index (χ1v) is 11.3. The van der Waals surface area contributed by atoms with E-state index in [-0.39, 0.29) is 43.8 Å². The van der Waals surface area contributed by atoms with Crippen LogP contribution in [0.2, 0.25) is 0 Å². The summed E-state index contributed by atoms with van der Waals surface area (Å²) in [4.78, 5) is 23.0. The molecule has 0 aliphatic heterocycles. The van der Waals surface area contributed by atoms with E-state index in [0.29, 0.717) is 6.42 Å². The molecule has 7 nitrogen and oxygen atoms in total. The van der Waals surface area contributed by atoms with Crippen molar-refractivity contribution in [3.8, 4) is 0 Å². The number of aliphatic carboxylic acids is 2. The van der Waals surface area contributed by atoms with E-state index >= 15 is 0 Å². The molecule has 9 heteroatoms. The van der Waals surface area contributed by atoms with Gasteiger partial charge >= 0.3 is 41.5 Å². The Morgan fingerprint density at radius 1 is 0.821 bits per heavy atom. The van der Waals surface area contributed by atoms with Gasteiger partial charge in [-0.3, -0.25) is 4.55 Å². The first-order valence-electron chi connectivity index (χ1n) is 9.82. The molecule has 28 heavy (non-hydrogen) atoms. The fourth-order valence-electron chi connectivity index (χ4n) is 3.17. The van der Waals surface area contributed by atoms with Gasteiger partial charge in [-0.2, -0.15) is 8.42 Å². The number of hydrogen-bond acceptors (Lipinski definition) is 4. The molecule has 160 valence electrons. The Labute approximate surface area is 192 Å². The van der Waals surface area contributed by atoms with E-state index in [1.54, 1.807) is 0 Å². The number of hydrogen-bond donors (Lipinski definition) is 3. The summed E-state index contributed by atoms with van der Waals surface area (Å²) < 4.78 is 32.1. The number of unbranched alkanes of at least 4 members (excludes halogenated alkanes) is 9. The molecule has 0 aliphatic rings. The van der Waals surface area contributed by atoms with Crippen molar-refractivity contribution in [3.63, 3.8) is 0 Å². The van der Waals surface area contributed by atoms with Crippen LogP contribution in [0.15, 0.2) is 11.1 Å². The molecule has 0 saturated carbocycles. The fourth-order valence-corrected chi connectivity index (χ4v) is 4.13. The molecular weight excluding hydrogens is 395 g/mol. The van der Waals surface area contributed by atoms with Gasteiger partial charge in [0.1, 0.15) is 5.25 Å². The third kappa shape index (κ3) is 12.2. The zero-order valence-electron chi connectivity index (χ0n) is 18.4. The summed E-state index contributed by atoms with van der Waals surface area (Å²) in [6.07, 6.45) is 10.2. The summed E-state index contributed by atoms with van der Waals surface area (Å²) in [7, 11) is -4.69. The summed E-state index contributed by atoms with van der Waals surface area (Å²) >= 11 is 0. The minimum atomic E-state index is -4.69. The molecule has 0 radical (unpaired) electrons. The first-order chi connectivity index (χ1) is 12.7. The number of carboxylic acid groups (broad SMARTS) is 2. The van der Waals surface area contributed by atoms with Crippen LogP contribution in [-0.4, -0.2) is 40.4 Å². The first kappa shape index (κ1) is 29.8. The topological polar surface area (TPSA) is 129 Å². The molecule has 0 aliphatic carbocycles. The van der Waals surface area contributed by atoms with Crippen LogP contribution < -0.4 is 29.6 Å². The third-order valence-electron chi connectivity index (χ3n) is 4.65. The Bertz CT molecular complexity index is 606. The van der Waals surface area contributed by atoms with E-state index < -0.39 is 38.5 Å². The van der Waals surface area contributed by atoms with E-state index in [2.05, 4.69) is 6.92 Å². The van der Waals surface area contributed by atoms with Crippen molar-refractivity contribution in [2.75, 3.05) is 0 Å².